The summed E-state index contributed by atoms with van der Waals surface area (Å²) in [6, 6.07) is 4.92. The lowest BCUT2D eigenvalue weighted by molar-refractivity contribution is 0.371. The Morgan fingerprint density at radius 2 is 2.20 bits per heavy atom. The van der Waals surface area contributed by atoms with Crippen molar-refractivity contribution in [1.82, 2.24) is 19.7 Å². The van der Waals surface area contributed by atoms with Gasteiger partial charge in [0, 0.05) is 25.3 Å². The second-order valence-corrected chi connectivity index (χ2v) is 4.69. The summed E-state index contributed by atoms with van der Waals surface area (Å²) in [5.74, 6) is 1.42. The lowest BCUT2D eigenvalue weighted by atomic mass is 10.3. The van der Waals surface area contributed by atoms with E-state index >= 15 is 0 Å². The Labute approximate surface area is 119 Å². The highest BCUT2D eigenvalue weighted by Crippen LogP contribution is 2.20. The molecule has 0 atom stereocenters. The van der Waals surface area contributed by atoms with E-state index in [1.807, 2.05) is 10.6 Å². The maximum absolute atomic E-state index is 13.8. The molecule has 0 bridgehead atoms. The minimum Gasteiger partial charge on any atom is -0.340 e. The number of hydrogen-bond acceptors (Lipinski definition) is 4. The van der Waals surface area contributed by atoms with Crippen molar-refractivity contribution >= 4 is 22.6 Å². The maximum Gasteiger partial charge on any atom is 0.228 e. The van der Waals surface area contributed by atoms with E-state index in [0.717, 1.165) is 11.3 Å². The average molecular weight is 295 g/mol. The van der Waals surface area contributed by atoms with Gasteiger partial charge in [0.2, 0.25) is 5.89 Å². The Balaban J connectivity index is 1.98. The quantitative estimate of drug-likeness (QED) is 0.679. The molecule has 0 aliphatic rings. The van der Waals surface area contributed by atoms with Gasteiger partial charge in [-0.3, -0.25) is 0 Å². The number of benzene rings is 1. The van der Waals surface area contributed by atoms with E-state index in [-0.39, 0.29) is 5.82 Å². The highest BCUT2D eigenvalue weighted by Gasteiger charge is 2.14. The fourth-order valence-electron chi connectivity index (χ4n) is 2.20. The Hall–Kier alpha value is -1.95. The Kier molecular flexibility index (Phi) is 3.64. The van der Waals surface area contributed by atoms with Crippen LogP contribution >= 0.6 is 11.6 Å². The van der Waals surface area contributed by atoms with Crippen LogP contribution in [-0.4, -0.2) is 25.6 Å². The number of aryl methyl sites for hydroxylation is 3. The summed E-state index contributed by atoms with van der Waals surface area (Å²) in [5, 5.41) is 3.57. The number of hydrogen-bond donors (Lipinski definition) is 0. The van der Waals surface area contributed by atoms with E-state index in [9.17, 15) is 4.39 Å². The number of rotatable bonds is 5. The van der Waals surface area contributed by atoms with Crippen LogP contribution in [0.1, 0.15) is 11.7 Å². The molecule has 2 aromatic heterocycles. The summed E-state index contributed by atoms with van der Waals surface area (Å²) in [5.41, 5.74) is 1.13. The number of imidazole rings is 1. The van der Waals surface area contributed by atoms with E-state index in [1.54, 1.807) is 6.07 Å². The smallest absolute Gasteiger partial charge is 0.228 e. The molecule has 3 aromatic rings. The number of fused-ring (bicyclic) bond motifs is 1. The van der Waals surface area contributed by atoms with Crippen LogP contribution < -0.4 is 0 Å². The molecule has 0 unspecified atom stereocenters. The zero-order valence-corrected chi connectivity index (χ0v) is 11.3. The lowest BCUT2D eigenvalue weighted by Gasteiger charge is -2.06. The van der Waals surface area contributed by atoms with Gasteiger partial charge in [-0.05, 0) is 12.1 Å². The Morgan fingerprint density at radius 3 is 2.95 bits per heavy atom. The first-order valence-corrected chi connectivity index (χ1v) is 6.78. The Morgan fingerprint density at radius 1 is 1.30 bits per heavy atom. The molecule has 0 fully saturated rings. The van der Waals surface area contributed by atoms with Crippen molar-refractivity contribution in [3.63, 3.8) is 0 Å². The fraction of sp³-hybridized carbons (Fsp3) is 0.308. The predicted molar refractivity (Wildman–Crippen MR) is 72.1 cm³/mol. The number of alkyl halides is 1. The molecule has 0 spiro atoms. The van der Waals surface area contributed by atoms with Crippen LogP contribution in [0, 0.1) is 5.82 Å². The summed E-state index contributed by atoms with van der Waals surface area (Å²) in [4.78, 5) is 8.32. The fourth-order valence-corrected chi connectivity index (χ4v) is 2.37. The molecule has 0 N–H and O–H groups in total. The first-order valence-electron chi connectivity index (χ1n) is 6.24. The first kappa shape index (κ1) is 13.1. The van der Waals surface area contributed by atoms with Gasteiger partial charge in [0.05, 0.1) is 5.52 Å². The third-order valence-corrected chi connectivity index (χ3v) is 3.27. The van der Waals surface area contributed by atoms with Gasteiger partial charge in [0.15, 0.2) is 12.1 Å². The molecular weight excluding hydrogens is 283 g/mol. The summed E-state index contributed by atoms with van der Waals surface area (Å²) >= 11 is 5.79. The Bertz CT molecular complexity index is 711. The van der Waals surface area contributed by atoms with Crippen molar-refractivity contribution in [3.8, 4) is 0 Å². The van der Waals surface area contributed by atoms with Gasteiger partial charge in [-0.25, -0.2) is 9.37 Å². The van der Waals surface area contributed by atoms with E-state index in [0.29, 0.717) is 36.7 Å². The first-order chi connectivity index (χ1) is 9.79. The molecule has 7 heteroatoms. The summed E-state index contributed by atoms with van der Waals surface area (Å²) < 4.78 is 20.7. The zero-order chi connectivity index (χ0) is 13.9. The highest BCUT2D eigenvalue weighted by molar-refractivity contribution is 6.17. The molecule has 20 heavy (non-hydrogen) atoms. The van der Waals surface area contributed by atoms with Crippen LogP contribution in [0.4, 0.5) is 4.39 Å². The van der Waals surface area contributed by atoms with Crippen LogP contribution in [-0.2, 0) is 19.4 Å². The number of halogens is 2. The van der Waals surface area contributed by atoms with E-state index in [2.05, 4.69) is 15.1 Å². The standard InChI is InChI=1S/C13H12ClFN4O/c14-6-4-11-18-13-9(15)2-1-3-10(13)19(11)7-5-12-16-8-17-20-12/h1-3,8H,4-7H2. The molecule has 1 aromatic carbocycles. The molecule has 0 saturated heterocycles. The second-order valence-electron chi connectivity index (χ2n) is 4.31. The molecule has 3 rings (SSSR count). The van der Waals surface area contributed by atoms with E-state index in [1.165, 1.54) is 12.4 Å². The van der Waals surface area contributed by atoms with Crippen LogP contribution in [0.25, 0.3) is 11.0 Å². The third-order valence-electron chi connectivity index (χ3n) is 3.08. The number of aromatic nitrogens is 4. The van der Waals surface area contributed by atoms with Crippen LogP contribution in [0.15, 0.2) is 29.0 Å². The van der Waals surface area contributed by atoms with Crippen molar-refractivity contribution in [1.29, 1.82) is 0 Å². The summed E-state index contributed by atoms with van der Waals surface area (Å²) in [6.45, 7) is 0.592. The average Bonchev–Trinajstić information content (AvgIpc) is 3.05. The molecule has 0 aliphatic heterocycles. The van der Waals surface area contributed by atoms with Gasteiger partial charge in [-0.2, -0.15) is 4.98 Å². The van der Waals surface area contributed by atoms with Crippen LogP contribution in [0.5, 0.6) is 0 Å². The van der Waals surface area contributed by atoms with Crippen molar-refractivity contribution in [2.45, 2.75) is 19.4 Å². The highest BCUT2D eigenvalue weighted by atomic mass is 35.5. The summed E-state index contributed by atoms with van der Waals surface area (Å²) in [7, 11) is 0. The van der Waals surface area contributed by atoms with Gasteiger partial charge in [0.25, 0.3) is 0 Å². The number of para-hydroxylation sites is 1. The SMILES string of the molecule is Fc1cccc2c1nc(CCCl)n2CCc1ncno1. The number of nitrogens with zero attached hydrogens (tertiary/aromatic N) is 4. The van der Waals surface area contributed by atoms with Gasteiger partial charge in [-0.15, -0.1) is 11.6 Å². The summed E-state index contributed by atoms with van der Waals surface area (Å²) in [6.07, 6.45) is 2.51. The van der Waals surface area contributed by atoms with E-state index < -0.39 is 0 Å². The molecule has 0 radical (unpaired) electrons. The molecule has 104 valence electrons. The van der Waals surface area contributed by atoms with Crippen molar-refractivity contribution in [3.05, 3.63) is 42.1 Å². The minimum atomic E-state index is -0.324. The molecule has 0 saturated carbocycles. The monoisotopic (exact) mass is 294 g/mol. The van der Waals surface area contributed by atoms with Crippen LogP contribution in [0.2, 0.25) is 0 Å². The normalized spacial score (nSPS) is 11.3. The molecule has 0 amide bonds. The molecular formula is C13H12ClFN4O. The van der Waals surface area contributed by atoms with Gasteiger partial charge < -0.3 is 9.09 Å². The van der Waals surface area contributed by atoms with Crippen molar-refractivity contribution in [2.24, 2.45) is 0 Å². The third kappa shape index (κ3) is 2.38. The maximum atomic E-state index is 13.8. The molecule has 5 nitrogen and oxygen atoms in total. The minimum absolute atomic E-state index is 0.324. The van der Waals surface area contributed by atoms with Gasteiger partial charge >= 0.3 is 0 Å². The lowest BCUT2D eigenvalue weighted by Crippen LogP contribution is -2.07. The van der Waals surface area contributed by atoms with Crippen LogP contribution in [0.3, 0.4) is 0 Å². The largest absolute Gasteiger partial charge is 0.340 e. The predicted octanol–water partition coefficient (Wildman–Crippen LogP) is 2.58. The zero-order valence-electron chi connectivity index (χ0n) is 10.6. The molecule has 0 aliphatic carbocycles. The molecule has 2 heterocycles. The van der Waals surface area contributed by atoms with Gasteiger partial charge in [-0.1, -0.05) is 11.2 Å². The topological polar surface area (TPSA) is 56.7 Å². The van der Waals surface area contributed by atoms with Gasteiger partial charge in [0.1, 0.15) is 11.3 Å². The van der Waals surface area contributed by atoms with Crippen molar-refractivity contribution in [2.75, 3.05) is 5.88 Å². The van der Waals surface area contributed by atoms with Crippen molar-refractivity contribution < 1.29 is 8.91 Å². The second kappa shape index (κ2) is 5.58. The van der Waals surface area contributed by atoms with E-state index in [4.69, 9.17) is 16.1 Å².